The molecule has 0 aliphatic carbocycles. The van der Waals surface area contributed by atoms with Crippen LogP contribution in [0.2, 0.25) is 0 Å². The summed E-state index contributed by atoms with van der Waals surface area (Å²) in [6.45, 7) is 0.154. The lowest BCUT2D eigenvalue weighted by Gasteiger charge is -2.14. The maximum absolute atomic E-state index is 12.3. The minimum atomic E-state index is -3.60. The van der Waals surface area contributed by atoms with Crippen molar-refractivity contribution in [2.75, 3.05) is 6.54 Å². The van der Waals surface area contributed by atoms with Gasteiger partial charge in [0.1, 0.15) is 5.04 Å². The molecule has 0 bridgehead atoms. The summed E-state index contributed by atoms with van der Waals surface area (Å²) in [4.78, 5) is 7.92. The first kappa shape index (κ1) is 13.2. The van der Waals surface area contributed by atoms with Gasteiger partial charge >= 0.3 is 0 Å². The Morgan fingerprint density at radius 3 is 2.83 bits per heavy atom. The average molecular weight is 268 g/mol. The summed E-state index contributed by atoms with van der Waals surface area (Å²) in [5, 5.41) is 9.72. The molecule has 98 valence electrons. The molecule has 0 spiro atoms. The average Bonchev–Trinajstić information content (AvgIpc) is 2.35. The van der Waals surface area contributed by atoms with Crippen LogP contribution in [0.25, 0.3) is 0 Å². The second-order valence-electron chi connectivity index (χ2n) is 4.31. The fraction of sp³-hybridized carbons (Fsp3) is 0.500. The van der Waals surface area contributed by atoms with Crippen molar-refractivity contribution in [1.82, 2.24) is 4.98 Å². The van der Waals surface area contributed by atoms with E-state index in [0.717, 1.165) is 12.8 Å². The maximum atomic E-state index is 12.3. The van der Waals surface area contributed by atoms with Crippen molar-refractivity contribution >= 4 is 14.9 Å². The number of rotatable bonds is 1. The third kappa shape index (κ3) is 2.94. The highest BCUT2D eigenvalue weighted by atomic mass is 32.2. The molecule has 1 aromatic heterocycles. The van der Waals surface area contributed by atoms with Crippen molar-refractivity contribution < 1.29 is 13.5 Å². The predicted molar refractivity (Wildman–Crippen MR) is 68.2 cm³/mol. The first-order chi connectivity index (χ1) is 8.60. The number of sulfone groups is 1. The summed E-state index contributed by atoms with van der Waals surface area (Å²) in [5.41, 5.74) is 0. The molecule has 2 heterocycles. The van der Waals surface area contributed by atoms with Gasteiger partial charge in [0, 0.05) is 12.6 Å². The minimum absolute atomic E-state index is 0.0267. The second kappa shape index (κ2) is 5.58. The third-order valence-electron chi connectivity index (χ3n) is 2.88. The molecule has 1 aliphatic heterocycles. The van der Waals surface area contributed by atoms with Crippen LogP contribution in [-0.2, 0) is 9.84 Å². The number of hydrogen-bond donors (Lipinski definition) is 1. The number of aromatic nitrogens is 1. The minimum Gasteiger partial charge on any atom is -0.391 e. The van der Waals surface area contributed by atoms with Crippen LogP contribution in [0.3, 0.4) is 0 Å². The van der Waals surface area contributed by atoms with Crippen molar-refractivity contribution in [2.45, 2.75) is 36.8 Å². The normalized spacial score (nSPS) is 21.8. The van der Waals surface area contributed by atoms with E-state index in [1.165, 1.54) is 12.3 Å². The van der Waals surface area contributed by atoms with Gasteiger partial charge in [0.15, 0.2) is 5.03 Å². The number of hydrogen-bond acceptors (Lipinski definition) is 5. The first-order valence-corrected chi connectivity index (χ1v) is 7.46. The number of pyridine rings is 1. The van der Waals surface area contributed by atoms with Gasteiger partial charge in [-0.25, -0.2) is 13.4 Å². The van der Waals surface area contributed by atoms with E-state index in [2.05, 4.69) is 9.98 Å². The summed E-state index contributed by atoms with van der Waals surface area (Å²) >= 11 is 0. The number of aliphatic hydroxyl groups excluding tert-OH is 1. The largest absolute Gasteiger partial charge is 0.391 e. The van der Waals surface area contributed by atoms with Gasteiger partial charge in [-0.15, -0.1) is 0 Å². The Balaban J connectivity index is 2.31. The van der Waals surface area contributed by atoms with Gasteiger partial charge in [-0.05, 0) is 25.0 Å². The zero-order valence-electron chi connectivity index (χ0n) is 9.99. The van der Waals surface area contributed by atoms with E-state index < -0.39 is 15.9 Å². The van der Waals surface area contributed by atoms with Gasteiger partial charge < -0.3 is 5.11 Å². The molecule has 2 rings (SSSR count). The zero-order chi connectivity index (χ0) is 13.0. The Morgan fingerprint density at radius 2 is 2.11 bits per heavy atom. The SMILES string of the molecule is O=S(=O)(C1=NCC(O)CCCC1)c1ccccn1. The molecule has 0 amide bonds. The molecule has 1 aromatic rings. The van der Waals surface area contributed by atoms with E-state index >= 15 is 0 Å². The lowest BCUT2D eigenvalue weighted by Crippen LogP contribution is -2.22. The summed E-state index contributed by atoms with van der Waals surface area (Å²) < 4.78 is 24.6. The van der Waals surface area contributed by atoms with Gasteiger partial charge in [0.25, 0.3) is 0 Å². The van der Waals surface area contributed by atoms with Gasteiger partial charge in [-0.1, -0.05) is 12.5 Å². The van der Waals surface area contributed by atoms with Crippen molar-refractivity contribution in [1.29, 1.82) is 0 Å². The molecule has 18 heavy (non-hydrogen) atoms. The Hall–Kier alpha value is -1.27. The lowest BCUT2D eigenvalue weighted by atomic mass is 10.1. The van der Waals surface area contributed by atoms with Gasteiger partial charge in [0.05, 0.1) is 12.6 Å². The molecule has 6 heteroatoms. The Kier molecular flexibility index (Phi) is 4.08. The fourth-order valence-electron chi connectivity index (χ4n) is 1.88. The standard InChI is InChI=1S/C12H16N2O3S/c15-10-5-1-2-6-12(14-9-10)18(16,17)11-7-3-4-8-13-11/h3-4,7-8,10,15H,1-2,5-6,9H2. The van der Waals surface area contributed by atoms with Crippen molar-refractivity contribution in [3.8, 4) is 0 Å². The van der Waals surface area contributed by atoms with Crippen molar-refractivity contribution in [2.24, 2.45) is 4.99 Å². The summed E-state index contributed by atoms with van der Waals surface area (Å²) in [5.74, 6) is 0. The van der Waals surface area contributed by atoms with Crippen LogP contribution in [-0.4, -0.2) is 36.2 Å². The molecule has 5 nitrogen and oxygen atoms in total. The summed E-state index contributed by atoms with van der Waals surface area (Å²) in [7, 11) is -3.60. The Bertz CT molecular complexity index is 526. The molecule has 0 saturated carbocycles. The fourth-order valence-corrected chi connectivity index (χ4v) is 3.24. The van der Waals surface area contributed by atoms with E-state index in [9.17, 15) is 13.5 Å². The quantitative estimate of drug-likeness (QED) is 0.829. The number of nitrogens with zero attached hydrogens (tertiary/aromatic N) is 2. The maximum Gasteiger partial charge on any atom is 0.236 e. The van der Waals surface area contributed by atoms with Gasteiger partial charge in [-0.2, -0.15) is 0 Å². The smallest absolute Gasteiger partial charge is 0.236 e. The van der Waals surface area contributed by atoms with E-state index in [1.54, 1.807) is 12.1 Å². The van der Waals surface area contributed by atoms with Crippen LogP contribution < -0.4 is 0 Å². The van der Waals surface area contributed by atoms with Crippen LogP contribution in [0, 0.1) is 0 Å². The molecule has 1 atom stereocenters. The molecule has 1 aliphatic rings. The highest BCUT2D eigenvalue weighted by Gasteiger charge is 2.24. The van der Waals surface area contributed by atoms with E-state index in [4.69, 9.17) is 0 Å². The Morgan fingerprint density at radius 1 is 1.28 bits per heavy atom. The van der Waals surface area contributed by atoms with E-state index in [1.807, 2.05) is 0 Å². The first-order valence-electron chi connectivity index (χ1n) is 5.98. The van der Waals surface area contributed by atoms with Gasteiger partial charge in [-0.3, -0.25) is 4.99 Å². The molecule has 0 saturated heterocycles. The highest BCUT2D eigenvalue weighted by molar-refractivity contribution is 8.06. The van der Waals surface area contributed by atoms with Crippen LogP contribution in [0.5, 0.6) is 0 Å². The van der Waals surface area contributed by atoms with Crippen molar-refractivity contribution in [3.63, 3.8) is 0 Å². The molecular weight excluding hydrogens is 252 g/mol. The van der Waals surface area contributed by atoms with Crippen LogP contribution in [0.1, 0.15) is 25.7 Å². The topological polar surface area (TPSA) is 79.6 Å². The lowest BCUT2D eigenvalue weighted by molar-refractivity contribution is 0.168. The summed E-state index contributed by atoms with van der Waals surface area (Å²) in [6.07, 6.45) is 3.55. The monoisotopic (exact) mass is 268 g/mol. The highest BCUT2D eigenvalue weighted by Crippen LogP contribution is 2.17. The molecule has 1 unspecified atom stereocenters. The molecule has 0 fully saturated rings. The predicted octanol–water partition coefficient (Wildman–Crippen LogP) is 1.19. The second-order valence-corrected chi connectivity index (χ2v) is 6.20. The number of aliphatic hydroxyl groups is 1. The third-order valence-corrected chi connectivity index (χ3v) is 4.63. The van der Waals surface area contributed by atoms with Crippen molar-refractivity contribution in [3.05, 3.63) is 24.4 Å². The van der Waals surface area contributed by atoms with E-state index in [0.29, 0.717) is 12.8 Å². The van der Waals surface area contributed by atoms with Gasteiger partial charge in [0.2, 0.25) is 9.84 Å². The summed E-state index contributed by atoms with van der Waals surface area (Å²) in [6, 6.07) is 4.77. The molecule has 0 radical (unpaired) electrons. The molecule has 1 N–H and O–H groups in total. The van der Waals surface area contributed by atoms with Crippen LogP contribution in [0.15, 0.2) is 34.4 Å². The Labute approximate surface area is 107 Å². The van der Waals surface area contributed by atoms with Crippen LogP contribution >= 0.6 is 0 Å². The van der Waals surface area contributed by atoms with Crippen LogP contribution in [0.4, 0.5) is 0 Å². The van der Waals surface area contributed by atoms with E-state index in [-0.39, 0.29) is 16.6 Å². The number of aliphatic imine (C=N–C) groups is 1. The zero-order valence-corrected chi connectivity index (χ0v) is 10.8. The molecule has 0 aromatic carbocycles. The molecular formula is C12H16N2O3S.